The van der Waals surface area contributed by atoms with Gasteiger partial charge < -0.3 is 14.8 Å². The quantitative estimate of drug-likeness (QED) is 0.245. The van der Waals surface area contributed by atoms with Crippen molar-refractivity contribution in [3.05, 3.63) is 156 Å². The van der Waals surface area contributed by atoms with Crippen LogP contribution in [0, 0.1) is 6.92 Å². The molecule has 1 amide bonds. The number of para-hydroxylation sites is 2. The zero-order valence-corrected chi connectivity index (χ0v) is 25.4. The molecule has 2 heterocycles. The minimum absolute atomic E-state index is 0.214. The Balaban J connectivity index is 1.40. The van der Waals surface area contributed by atoms with Gasteiger partial charge in [0, 0.05) is 11.3 Å². The normalized spacial score (nSPS) is 14.5. The number of carbonyl (C=O) groups excluding carboxylic acids is 1. The number of rotatable bonds is 8. The lowest BCUT2D eigenvalue weighted by atomic mass is 9.95. The van der Waals surface area contributed by atoms with Gasteiger partial charge in [-0.1, -0.05) is 84.1 Å². The molecule has 1 N–H and O–H groups in total. The van der Waals surface area contributed by atoms with Crippen LogP contribution in [0.25, 0.3) is 6.08 Å². The summed E-state index contributed by atoms with van der Waals surface area (Å²) >= 11 is 1.30. The van der Waals surface area contributed by atoms with E-state index in [0.717, 1.165) is 28.0 Å². The molecule has 0 fully saturated rings. The summed E-state index contributed by atoms with van der Waals surface area (Å²) in [5.41, 5.74) is 5.01. The van der Waals surface area contributed by atoms with Crippen molar-refractivity contribution >= 4 is 29.0 Å². The Kier molecular flexibility index (Phi) is 8.25. The zero-order chi connectivity index (χ0) is 30.6. The van der Waals surface area contributed by atoms with Gasteiger partial charge in [0.05, 0.1) is 29.0 Å². The van der Waals surface area contributed by atoms with Crippen LogP contribution in [0.4, 0.5) is 5.69 Å². The summed E-state index contributed by atoms with van der Waals surface area (Å²) in [5, 5.41) is 2.98. The fourth-order valence-electron chi connectivity index (χ4n) is 5.31. The van der Waals surface area contributed by atoms with E-state index in [2.05, 4.69) is 5.32 Å². The van der Waals surface area contributed by atoms with Crippen LogP contribution in [0.5, 0.6) is 11.5 Å². The third-order valence-corrected chi connectivity index (χ3v) is 8.48. The van der Waals surface area contributed by atoms with Gasteiger partial charge in [-0.25, -0.2) is 4.99 Å². The van der Waals surface area contributed by atoms with Gasteiger partial charge in [-0.3, -0.25) is 14.2 Å². The first kappa shape index (κ1) is 28.9. The number of carbonyl (C=O) groups is 1. The van der Waals surface area contributed by atoms with Crippen LogP contribution in [-0.2, 0) is 11.4 Å². The molecule has 0 aliphatic carbocycles. The number of thiazole rings is 1. The van der Waals surface area contributed by atoms with Crippen LogP contribution in [-0.4, -0.2) is 17.6 Å². The predicted molar refractivity (Wildman–Crippen MR) is 174 cm³/mol. The highest BCUT2D eigenvalue weighted by molar-refractivity contribution is 7.07. The summed E-state index contributed by atoms with van der Waals surface area (Å²) in [6.07, 6.45) is 1.85. The Morgan fingerprint density at radius 1 is 0.932 bits per heavy atom. The first-order valence-electron chi connectivity index (χ1n) is 14.2. The minimum atomic E-state index is -0.632. The van der Waals surface area contributed by atoms with Crippen molar-refractivity contribution in [3.8, 4) is 11.5 Å². The maximum atomic E-state index is 14.1. The fourth-order valence-corrected chi connectivity index (χ4v) is 6.36. The second-order valence-electron chi connectivity index (χ2n) is 10.4. The zero-order valence-electron chi connectivity index (χ0n) is 24.6. The summed E-state index contributed by atoms with van der Waals surface area (Å²) in [5.74, 6) is 1.21. The molecule has 1 atom stereocenters. The van der Waals surface area contributed by atoms with Crippen molar-refractivity contribution in [2.75, 3.05) is 12.4 Å². The maximum absolute atomic E-state index is 14.1. The first-order valence-corrected chi connectivity index (χ1v) is 15.0. The molecule has 1 aliphatic rings. The number of hydrogen-bond acceptors (Lipinski definition) is 6. The monoisotopic (exact) mass is 601 g/mol. The minimum Gasteiger partial charge on any atom is -0.496 e. The molecule has 4 aromatic carbocycles. The van der Waals surface area contributed by atoms with Crippen molar-refractivity contribution in [1.29, 1.82) is 0 Å². The average Bonchev–Trinajstić information content (AvgIpc) is 3.34. The van der Waals surface area contributed by atoms with E-state index in [4.69, 9.17) is 14.5 Å². The number of amides is 1. The van der Waals surface area contributed by atoms with Crippen LogP contribution in [0.2, 0.25) is 0 Å². The molecule has 0 radical (unpaired) electrons. The van der Waals surface area contributed by atoms with E-state index in [0.29, 0.717) is 38.6 Å². The second kappa shape index (κ2) is 12.6. The highest BCUT2D eigenvalue weighted by Crippen LogP contribution is 2.31. The summed E-state index contributed by atoms with van der Waals surface area (Å²) < 4.78 is 13.8. The highest BCUT2D eigenvalue weighted by atomic mass is 32.1. The molecule has 220 valence electrons. The van der Waals surface area contributed by atoms with E-state index >= 15 is 0 Å². The number of aromatic nitrogens is 1. The maximum Gasteiger partial charge on any atom is 0.271 e. The number of anilines is 1. The number of nitrogens with one attached hydrogen (secondary N) is 1. The van der Waals surface area contributed by atoms with Gasteiger partial charge in [0.15, 0.2) is 4.80 Å². The number of ether oxygens (including phenoxy) is 2. The summed E-state index contributed by atoms with van der Waals surface area (Å²) in [7, 11) is 1.63. The van der Waals surface area contributed by atoms with Crippen molar-refractivity contribution in [1.82, 2.24) is 4.57 Å². The first-order chi connectivity index (χ1) is 21.4. The second-order valence-corrected chi connectivity index (χ2v) is 11.4. The van der Waals surface area contributed by atoms with E-state index in [1.165, 1.54) is 11.3 Å². The van der Waals surface area contributed by atoms with Gasteiger partial charge in [-0.15, -0.1) is 0 Å². The lowest BCUT2D eigenvalue weighted by Gasteiger charge is -2.25. The summed E-state index contributed by atoms with van der Waals surface area (Å²) in [4.78, 5) is 33.0. The molecular weight excluding hydrogens is 570 g/mol. The van der Waals surface area contributed by atoms with E-state index < -0.39 is 6.04 Å². The predicted octanol–water partition coefficient (Wildman–Crippen LogP) is 5.77. The number of fused-ring (bicyclic) bond motifs is 1. The van der Waals surface area contributed by atoms with Crippen LogP contribution in [0.1, 0.15) is 35.2 Å². The Bertz CT molecular complexity index is 2050. The highest BCUT2D eigenvalue weighted by Gasteiger charge is 2.32. The molecule has 5 aromatic rings. The van der Waals surface area contributed by atoms with Gasteiger partial charge in [-0.2, -0.15) is 0 Å². The number of aryl methyl sites for hydroxylation is 1. The molecule has 44 heavy (non-hydrogen) atoms. The summed E-state index contributed by atoms with van der Waals surface area (Å²) in [6.45, 7) is 4.13. The number of benzene rings is 4. The Labute approximate surface area is 259 Å². The van der Waals surface area contributed by atoms with Crippen molar-refractivity contribution in [2.24, 2.45) is 4.99 Å². The number of methoxy groups -OCH3 is 1. The molecule has 0 saturated heterocycles. The van der Waals surface area contributed by atoms with E-state index in [9.17, 15) is 9.59 Å². The number of hydrogen-bond donors (Lipinski definition) is 1. The van der Waals surface area contributed by atoms with Crippen molar-refractivity contribution in [3.63, 3.8) is 0 Å². The molecule has 8 heteroatoms. The number of nitrogens with zero attached hydrogens (tertiary/aromatic N) is 2. The molecular formula is C36H31N3O4S. The van der Waals surface area contributed by atoms with Crippen LogP contribution in [0.15, 0.2) is 124 Å². The Hall–Kier alpha value is -5.21. The lowest BCUT2D eigenvalue weighted by molar-refractivity contribution is -0.113. The van der Waals surface area contributed by atoms with Crippen LogP contribution in [0.3, 0.4) is 0 Å². The molecule has 0 saturated carbocycles. The SMILES string of the molecule is COc1ccc(/C=c2/sc3n(c2=O)[C@@H](c2ccccc2)C(C(=O)Nc2ccccc2)=C(C)N=3)cc1COc1ccccc1C. The van der Waals surface area contributed by atoms with Gasteiger partial charge in [0.1, 0.15) is 18.1 Å². The topological polar surface area (TPSA) is 81.9 Å². The fraction of sp³-hybridized carbons (Fsp3) is 0.139. The van der Waals surface area contributed by atoms with Gasteiger partial charge in [-0.05, 0) is 66.9 Å². The van der Waals surface area contributed by atoms with Crippen molar-refractivity contribution in [2.45, 2.75) is 26.5 Å². The van der Waals surface area contributed by atoms with Gasteiger partial charge in [0.2, 0.25) is 0 Å². The van der Waals surface area contributed by atoms with Crippen LogP contribution >= 0.6 is 11.3 Å². The molecule has 6 rings (SSSR count). The molecule has 0 unspecified atom stereocenters. The van der Waals surface area contributed by atoms with E-state index in [-0.39, 0.29) is 11.5 Å². The summed E-state index contributed by atoms with van der Waals surface area (Å²) in [6, 6.07) is 31.8. The van der Waals surface area contributed by atoms with Gasteiger partial charge in [0.25, 0.3) is 11.5 Å². The number of allylic oxidation sites excluding steroid dienone is 1. The third-order valence-electron chi connectivity index (χ3n) is 7.49. The Morgan fingerprint density at radius 3 is 2.36 bits per heavy atom. The largest absolute Gasteiger partial charge is 0.496 e. The molecule has 0 bridgehead atoms. The molecule has 1 aromatic heterocycles. The molecule has 0 spiro atoms. The average molecular weight is 602 g/mol. The van der Waals surface area contributed by atoms with Gasteiger partial charge >= 0.3 is 0 Å². The Morgan fingerprint density at radius 2 is 1.64 bits per heavy atom. The van der Waals surface area contributed by atoms with Crippen molar-refractivity contribution < 1.29 is 14.3 Å². The van der Waals surface area contributed by atoms with Crippen LogP contribution < -0.4 is 29.7 Å². The van der Waals surface area contributed by atoms with E-state index in [1.807, 2.05) is 123 Å². The smallest absolute Gasteiger partial charge is 0.271 e. The molecule has 1 aliphatic heterocycles. The van der Waals surface area contributed by atoms with E-state index in [1.54, 1.807) is 11.7 Å². The lowest BCUT2D eigenvalue weighted by Crippen LogP contribution is -2.40. The standard InChI is InChI=1S/C36H31N3O4S/c1-23-12-10-11-17-29(23)43-22-27-20-25(18-19-30(27)42-3)21-31-35(41)39-33(26-13-6-4-7-14-26)32(24(2)37-36(39)44-31)34(40)38-28-15-8-5-9-16-28/h4-21,33H,22H2,1-3H3,(H,38,40)/b31-21+/t33-/m0/s1. The molecule has 7 nitrogen and oxygen atoms in total. The third kappa shape index (κ3) is 5.85.